The van der Waals surface area contributed by atoms with Crippen molar-refractivity contribution < 1.29 is 24.2 Å². The van der Waals surface area contributed by atoms with Crippen molar-refractivity contribution >= 4 is 58.0 Å². The third kappa shape index (κ3) is 4.57. The van der Waals surface area contributed by atoms with Crippen molar-refractivity contribution in [2.45, 2.75) is 19.4 Å². The molecule has 2 N–H and O–H groups in total. The van der Waals surface area contributed by atoms with Crippen molar-refractivity contribution in [3.8, 4) is 11.8 Å². The van der Waals surface area contributed by atoms with Crippen LogP contribution in [0.1, 0.15) is 19.4 Å². The first kappa shape index (κ1) is 24.3. The largest absolute Gasteiger partial charge is 0.495 e. The lowest BCUT2D eigenvalue weighted by molar-refractivity contribution is -0.120. The predicted molar refractivity (Wildman–Crippen MR) is 128 cm³/mol. The Kier molecular flexibility index (Phi) is 7.07. The molecular formula is C22H21ClN4O5S. The molecule has 0 atom stereocenters. The molecule has 9 nitrogen and oxygen atoms in total. The summed E-state index contributed by atoms with van der Waals surface area (Å²) < 4.78 is 10.1. The fraction of sp³-hybridized carbons (Fsp3) is 0.273. The molecule has 0 radical (unpaired) electrons. The van der Waals surface area contributed by atoms with Crippen molar-refractivity contribution in [3.63, 3.8) is 0 Å². The zero-order valence-electron chi connectivity index (χ0n) is 18.1. The first-order chi connectivity index (χ1) is 15.6. The number of amides is 2. The summed E-state index contributed by atoms with van der Waals surface area (Å²) in [7, 11) is 1.44. The van der Waals surface area contributed by atoms with Crippen LogP contribution in [0.5, 0.6) is 5.75 Å². The lowest BCUT2D eigenvalue weighted by Crippen LogP contribution is -2.44. The van der Waals surface area contributed by atoms with Gasteiger partial charge in [0.05, 0.1) is 35.7 Å². The molecule has 0 spiro atoms. The summed E-state index contributed by atoms with van der Waals surface area (Å²) in [5.41, 5.74) is 0.485. The van der Waals surface area contributed by atoms with Gasteiger partial charge in [-0.25, -0.2) is 4.79 Å². The van der Waals surface area contributed by atoms with E-state index in [2.05, 4.69) is 5.32 Å². The van der Waals surface area contributed by atoms with E-state index in [1.165, 1.54) is 12.0 Å². The van der Waals surface area contributed by atoms with Crippen LogP contribution in [0.3, 0.4) is 0 Å². The minimum atomic E-state index is -1.07. The van der Waals surface area contributed by atoms with Crippen LogP contribution >= 0.6 is 23.8 Å². The molecule has 172 valence electrons. The van der Waals surface area contributed by atoms with Gasteiger partial charge in [0.15, 0.2) is 5.11 Å². The smallest absolute Gasteiger partial charge is 0.411 e. The number of rotatable bonds is 6. The number of aliphatic hydroxyl groups excluding tert-OH is 1. The molecule has 0 saturated carbocycles. The van der Waals surface area contributed by atoms with Gasteiger partial charge >= 0.3 is 6.09 Å². The molecule has 0 aromatic heterocycles. The van der Waals surface area contributed by atoms with Gasteiger partial charge < -0.3 is 19.5 Å². The van der Waals surface area contributed by atoms with Crippen molar-refractivity contribution in [1.82, 2.24) is 0 Å². The second-order valence-corrected chi connectivity index (χ2v) is 8.23. The number of halogens is 1. The van der Waals surface area contributed by atoms with Crippen LogP contribution in [0.4, 0.5) is 21.9 Å². The summed E-state index contributed by atoms with van der Waals surface area (Å²) in [4.78, 5) is 28.3. The first-order valence-corrected chi connectivity index (χ1v) is 10.6. The summed E-state index contributed by atoms with van der Waals surface area (Å²) in [6.45, 7) is 2.97. The van der Waals surface area contributed by atoms with Crippen LogP contribution in [-0.2, 0) is 9.53 Å². The minimum absolute atomic E-state index is 0.163. The van der Waals surface area contributed by atoms with Crippen molar-refractivity contribution in [2.75, 3.05) is 35.4 Å². The van der Waals surface area contributed by atoms with E-state index in [0.29, 0.717) is 22.7 Å². The molecule has 0 unspecified atom stereocenters. The monoisotopic (exact) mass is 488 g/mol. The van der Waals surface area contributed by atoms with Crippen molar-refractivity contribution in [1.29, 1.82) is 5.26 Å². The lowest BCUT2D eigenvalue weighted by Gasteiger charge is -2.30. The molecule has 0 aliphatic carbocycles. The van der Waals surface area contributed by atoms with Gasteiger partial charge in [-0.1, -0.05) is 11.6 Å². The standard InChI is InChI=1S/C22H21ClN4O5S/c1-22(2)19(29)26(14-5-4-13(12-24)18(11-14)31-3)21(33)27(22)15-6-7-16(23)17(10-15)25-20(30)32-9-8-28/h4-7,10-11,28H,8-9H2,1-3H3,(H,25,30). The Bertz CT molecular complexity index is 1160. The second kappa shape index (κ2) is 9.62. The SMILES string of the molecule is COc1cc(N2C(=O)C(C)(C)N(c3ccc(Cl)c(NC(=O)OCCO)c3)C2=S)ccc1C#N. The number of nitriles is 1. The lowest BCUT2D eigenvalue weighted by atomic mass is 10.0. The fourth-order valence-corrected chi connectivity index (χ4v) is 4.09. The number of ether oxygens (including phenoxy) is 2. The molecule has 2 aromatic rings. The second-order valence-electron chi connectivity index (χ2n) is 7.46. The van der Waals surface area contributed by atoms with Crippen LogP contribution in [0.25, 0.3) is 0 Å². The van der Waals surface area contributed by atoms with Crippen molar-refractivity contribution in [3.05, 3.63) is 47.0 Å². The zero-order valence-corrected chi connectivity index (χ0v) is 19.7. The number of thiocarbonyl (C=S) groups is 1. The van der Waals surface area contributed by atoms with Gasteiger partial charge in [-0.15, -0.1) is 0 Å². The van der Waals surface area contributed by atoms with E-state index in [9.17, 15) is 14.9 Å². The van der Waals surface area contributed by atoms with E-state index in [0.717, 1.165) is 0 Å². The highest BCUT2D eigenvalue weighted by Crippen LogP contribution is 2.39. The number of carbonyl (C=O) groups excluding carboxylic acids is 2. The topological polar surface area (TPSA) is 115 Å². The van der Waals surface area contributed by atoms with Crippen LogP contribution in [0.15, 0.2) is 36.4 Å². The Balaban J connectivity index is 1.99. The molecule has 1 saturated heterocycles. The van der Waals surface area contributed by atoms with Crippen LogP contribution in [0.2, 0.25) is 5.02 Å². The number of nitrogens with zero attached hydrogens (tertiary/aromatic N) is 3. The summed E-state index contributed by atoms with van der Waals surface area (Å²) in [6.07, 6.45) is -0.784. The minimum Gasteiger partial charge on any atom is -0.495 e. The van der Waals surface area contributed by atoms with Gasteiger partial charge in [0.25, 0.3) is 5.91 Å². The van der Waals surface area contributed by atoms with Crippen LogP contribution < -0.4 is 19.9 Å². The Hall–Kier alpha value is -3.39. The van der Waals surface area contributed by atoms with E-state index < -0.39 is 11.6 Å². The molecule has 11 heteroatoms. The summed E-state index contributed by atoms with van der Waals surface area (Å²) >= 11 is 11.9. The highest BCUT2D eigenvalue weighted by Gasteiger charge is 2.50. The van der Waals surface area contributed by atoms with Crippen LogP contribution in [-0.4, -0.2) is 48.1 Å². The first-order valence-electron chi connectivity index (χ1n) is 9.76. The average molecular weight is 489 g/mol. The number of methoxy groups -OCH3 is 1. The maximum Gasteiger partial charge on any atom is 0.411 e. The van der Waals surface area contributed by atoms with Gasteiger partial charge in [-0.3, -0.25) is 15.0 Å². The molecule has 0 bridgehead atoms. The number of aliphatic hydroxyl groups is 1. The van der Waals surface area contributed by atoms with Gasteiger partial charge in [-0.2, -0.15) is 5.26 Å². The highest BCUT2D eigenvalue weighted by molar-refractivity contribution is 7.81. The van der Waals surface area contributed by atoms with Crippen molar-refractivity contribution in [2.24, 2.45) is 0 Å². The zero-order chi connectivity index (χ0) is 24.3. The quantitative estimate of drug-likeness (QED) is 0.592. The van der Waals surface area contributed by atoms with Gasteiger partial charge in [0, 0.05) is 11.8 Å². The molecule has 2 amide bonds. The average Bonchev–Trinajstić information content (AvgIpc) is 2.97. The molecule has 1 aliphatic heterocycles. The number of carbonyl (C=O) groups is 2. The number of nitrogens with one attached hydrogen (secondary N) is 1. The van der Waals surface area contributed by atoms with Gasteiger partial charge in [0.1, 0.15) is 24.0 Å². The maximum atomic E-state index is 13.4. The summed E-state index contributed by atoms with van der Waals surface area (Å²) in [6, 6.07) is 11.6. The molecular weight excluding hydrogens is 468 g/mol. The predicted octanol–water partition coefficient (Wildman–Crippen LogP) is 3.68. The van der Waals surface area contributed by atoms with E-state index in [4.69, 9.17) is 38.4 Å². The molecule has 1 heterocycles. The Labute approximate surface area is 201 Å². The number of anilines is 3. The van der Waals surface area contributed by atoms with Crippen LogP contribution in [0, 0.1) is 11.3 Å². The molecule has 1 aliphatic rings. The van der Waals surface area contributed by atoms with E-state index in [1.54, 1.807) is 55.1 Å². The van der Waals surface area contributed by atoms with E-state index in [-0.39, 0.29) is 34.9 Å². The normalized spacial score (nSPS) is 14.8. The Morgan fingerprint density at radius 1 is 1.27 bits per heavy atom. The number of hydrogen-bond acceptors (Lipinski definition) is 7. The third-order valence-electron chi connectivity index (χ3n) is 5.00. The Morgan fingerprint density at radius 3 is 2.61 bits per heavy atom. The molecule has 2 aromatic carbocycles. The Morgan fingerprint density at radius 2 is 1.97 bits per heavy atom. The van der Waals surface area contributed by atoms with Gasteiger partial charge in [-0.05, 0) is 56.4 Å². The third-order valence-corrected chi connectivity index (χ3v) is 5.70. The fourth-order valence-electron chi connectivity index (χ4n) is 3.40. The molecule has 3 rings (SSSR count). The molecule has 33 heavy (non-hydrogen) atoms. The number of benzene rings is 2. The highest BCUT2D eigenvalue weighted by atomic mass is 35.5. The van der Waals surface area contributed by atoms with Gasteiger partial charge in [0.2, 0.25) is 0 Å². The maximum absolute atomic E-state index is 13.4. The van der Waals surface area contributed by atoms with E-state index in [1.807, 2.05) is 6.07 Å². The summed E-state index contributed by atoms with van der Waals surface area (Å²) in [5.74, 6) is 0.0345. The molecule has 1 fully saturated rings. The number of hydrogen-bond donors (Lipinski definition) is 2. The van der Waals surface area contributed by atoms with E-state index >= 15 is 0 Å². The summed E-state index contributed by atoms with van der Waals surface area (Å²) in [5, 5.41) is 21.0.